The molecule has 0 saturated carbocycles. The highest BCUT2D eigenvalue weighted by atomic mass is 127. The van der Waals surface area contributed by atoms with Gasteiger partial charge in [-0.3, -0.25) is 9.67 Å². The van der Waals surface area contributed by atoms with Crippen molar-refractivity contribution in [3.05, 3.63) is 54.7 Å². The van der Waals surface area contributed by atoms with Gasteiger partial charge in [0.2, 0.25) is 0 Å². The second kappa shape index (κ2) is 6.22. The van der Waals surface area contributed by atoms with Crippen LogP contribution in [0.2, 0.25) is 0 Å². The number of aromatic nitrogens is 5. The Hall–Kier alpha value is -1.86. The molecule has 0 radical (unpaired) electrons. The lowest BCUT2D eigenvalue weighted by atomic mass is 10.1. The molecule has 3 aromatic heterocycles. The molecule has 8 heteroatoms. The molecule has 0 aliphatic carbocycles. The molecule has 120 valence electrons. The first kappa shape index (κ1) is 15.7. The Morgan fingerprint density at radius 3 is 2.75 bits per heavy atom. The molecule has 0 fully saturated rings. The highest BCUT2D eigenvalue weighted by molar-refractivity contribution is 14.2. The Bertz CT molecular complexity index is 1040. The zero-order valence-corrected chi connectivity index (χ0v) is 15.8. The number of aryl methyl sites for hydroxylation is 1. The van der Waals surface area contributed by atoms with Crippen molar-refractivity contribution in [1.82, 2.24) is 24.3 Å². The van der Waals surface area contributed by atoms with Crippen LogP contribution in [0.5, 0.6) is 0 Å². The molecule has 0 aliphatic heterocycles. The SMILES string of the molecule is Cn1cc(-c2cc3c(-c4ccccc4F)nn(PI)c3cn2)cn1. The van der Waals surface area contributed by atoms with Crippen LogP contribution in [0.25, 0.3) is 33.4 Å². The van der Waals surface area contributed by atoms with Crippen LogP contribution >= 0.6 is 28.4 Å². The number of halogens is 2. The van der Waals surface area contributed by atoms with E-state index in [-0.39, 0.29) is 5.82 Å². The molecule has 0 amide bonds. The molecular weight excluding hydrogens is 439 g/mol. The number of benzene rings is 1. The maximum atomic E-state index is 14.3. The van der Waals surface area contributed by atoms with E-state index in [0.29, 0.717) is 17.6 Å². The maximum Gasteiger partial charge on any atom is 0.132 e. The summed E-state index contributed by atoms with van der Waals surface area (Å²) in [5.41, 5.74) is 3.75. The van der Waals surface area contributed by atoms with Gasteiger partial charge >= 0.3 is 0 Å². The predicted octanol–water partition coefficient (Wildman–Crippen LogP) is 4.43. The molecule has 3 heterocycles. The number of nitrogens with zero attached hydrogens (tertiary/aromatic N) is 5. The molecule has 0 saturated heterocycles. The van der Waals surface area contributed by atoms with Gasteiger partial charge in [0.05, 0.1) is 30.0 Å². The minimum Gasteiger partial charge on any atom is -0.275 e. The van der Waals surface area contributed by atoms with Gasteiger partial charge in [0.1, 0.15) is 11.5 Å². The van der Waals surface area contributed by atoms with Gasteiger partial charge in [-0.05, 0) is 40.2 Å². The van der Waals surface area contributed by atoms with Crippen molar-refractivity contribution in [2.75, 3.05) is 0 Å². The standard InChI is InChI=1S/C16H12FIN5P/c1-22-9-10(7-20-22)14-6-12-15(8-19-14)23(24-18)21-16(12)11-4-2-3-5-13(11)17/h2-9,24H,1H3. The summed E-state index contributed by atoms with van der Waals surface area (Å²) in [6.07, 6.45) is 5.87. The summed E-state index contributed by atoms with van der Waals surface area (Å²) in [7, 11) is 1.86. The van der Waals surface area contributed by atoms with Crippen molar-refractivity contribution in [1.29, 1.82) is 0 Å². The van der Waals surface area contributed by atoms with Crippen molar-refractivity contribution in [3.63, 3.8) is 0 Å². The van der Waals surface area contributed by atoms with E-state index in [1.54, 1.807) is 29.2 Å². The minimum absolute atomic E-state index is 0.277. The summed E-state index contributed by atoms with van der Waals surface area (Å²) in [5.74, 6) is -0.277. The Morgan fingerprint density at radius 1 is 1.21 bits per heavy atom. The first-order chi connectivity index (χ1) is 11.7. The first-order valence-corrected chi connectivity index (χ1v) is 11.2. The smallest absolute Gasteiger partial charge is 0.132 e. The van der Waals surface area contributed by atoms with Gasteiger partial charge in [0.15, 0.2) is 0 Å². The molecule has 0 bridgehead atoms. The van der Waals surface area contributed by atoms with Gasteiger partial charge in [-0.1, -0.05) is 12.1 Å². The highest BCUT2D eigenvalue weighted by Gasteiger charge is 2.16. The molecule has 0 aliphatic rings. The topological polar surface area (TPSA) is 48.5 Å². The summed E-state index contributed by atoms with van der Waals surface area (Å²) in [6, 6.07) is 8.66. The summed E-state index contributed by atoms with van der Waals surface area (Å²) in [4.78, 5) is 4.52. The van der Waals surface area contributed by atoms with Crippen molar-refractivity contribution in [2.24, 2.45) is 7.05 Å². The lowest BCUT2D eigenvalue weighted by Crippen LogP contribution is -1.86. The normalized spacial score (nSPS) is 11.8. The Kier molecular flexibility index (Phi) is 4.05. The average molecular weight is 451 g/mol. The lowest BCUT2D eigenvalue weighted by Gasteiger charge is -2.01. The summed E-state index contributed by atoms with van der Waals surface area (Å²) < 4.78 is 17.9. The number of rotatable bonds is 3. The van der Waals surface area contributed by atoms with E-state index >= 15 is 0 Å². The van der Waals surface area contributed by atoms with Crippen LogP contribution in [-0.2, 0) is 7.05 Å². The Labute approximate surface area is 152 Å². The van der Waals surface area contributed by atoms with E-state index in [4.69, 9.17) is 0 Å². The van der Waals surface area contributed by atoms with Crippen molar-refractivity contribution < 1.29 is 4.39 Å². The van der Waals surface area contributed by atoms with Gasteiger partial charge in [-0.15, -0.1) is 0 Å². The minimum atomic E-state index is -0.277. The van der Waals surface area contributed by atoms with Crippen molar-refractivity contribution in [2.45, 2.75) is 0 Å². The number of fused-ring (bicyclic) bond motifs is 1. The van der Waals surface area contributed by atoms with Crippen LogP contribution in [0.3, 0.4) is 0 Å². The second-order valence-electron chi connectivity index (χ2n) is 5.31. The summed E-state index contributed by atoms with van der Waals surface area (Å²) in [6.45, 7) is 0. The molecule has 5 nitrogen and oxygen atoms in total. The Balaban J connectivity index is 1.98. The van der Waals surface area contributed by atoms with Gasteiger partial charge in [0, 0.05) is 29.8 Å². The molecule has 0 spiro atoms. The molecule has 0 N–H and O–H groups in total. The van der Waals surface area contributed by atoms with E-state index in [1.807, 2.05) is 29.8 Å². The van der Waals surface area contributed by atoms with E-state index in [1.165, 1.54) is 6.07 Å². The Morgan fingerprint density at radius 2 is 2.04 bits per heavy atom. The van der Waals surface area contributed by atoms with Crippen LogP contribution in [-0.4, -0.2) is 24.3 Å². The van der Waals surface area contributed by atoms with Crippen LogP contribution in [0.1, 0.15) is 0 Å². The maximum absolute atomic E-state index is 14.3. The van der Waals surface area contributed by atoms with Crippen molar-refractivity contribution in [3.8, 4) is 22.5 Å². The van der Waals surface area contributed by atoms with E-state index < -0.39 is 0 Å². The third-order valence-corrected chi connectivity index (χ3v) is 5.65. The molecule has 4 rings (SSSR count). The van der Waals surface area contributed by atoms with Gasteiger partial charge in [-0.25, -0.2) is 8.84 Å². The quantitative estimate of drug-likeness (QED) is 0.342. The van der Waals surface area contributed by atoms with Gasteiger partial charge in [-0.2, -0.15) is 10.2 Å². The van der Waals surface area contributed by atoms with Crippen molar-refractivity contribution >= 4 is 39.3 Å². The largest absolute Gasteiger partial charge is 0.275 e. The summed E-state index contributed by atoms with van der Waals surface area (Å²) in [5, 5.41) is 9.67. The van der Waals surface area contributed by atoms with Gasteiger partial charge < -0.3 is 0 Å². The van der Waals surface area contributed by atoms with E-state index in [9.17, 15) is 4.39 Å². The third-order valence-electron chi connectivity index (χ3n) is 3.78. The highest BCUT2D eigenvalue weighted by Crippen LogP contribution is 2.36. The zero-order valence-electron chi connectivity index (χ0n) is 12.6. The van der Waals surface area contributed by atoms with Crippen LogP contribution in [0.15, 0.2) is 48.9 Å². The molecule has 1 aromatic carbocycles. The fourth-order valence-electron chi connectivity index (χ4n) is 2.64. The lowest BCUT2D eigenvalue weighted by molar-refractivity contribution is 0.630. The fraction of sp³-hybridized carbons (Fsp3) is 0.0625. The molecule has 1 unspecified atom stereocenters. The third kappa shape index (κ3) is 2.61. The average Bonchev–Trinajstić information content (AvgIpc) is 3.18. The molecule has 4 aromatic rings. The first-order valence-electron chi connectivity index (χ1n) is 7.16. The summed E-state index contributed by atoms with van der Waals surface area (Å²) >= 11 is 2.26. The monoisotopic (exact) mass is 451 g/mol. The second-order valence-corrected chi connectivity index (χ2v) is 7.35. The zero-order chi connectivity index (χ0) is 16.7. The predicted molar refractivity (Wildman–Crippen MR) is 103 cm³/mol. The van der Waals surface area contributed by atoms with Crippen LogP contribution in [0, 0.1) is 5.82 Å². The number of hydrogen-bond acceptors (Lipinski definition) is 3. The van der Waals surface area contributed by atoms with Gasteiger partial charge in [0.25, 0.3) is 0 Å². The van der Waals surface area contributed by atoms with Crippen LogP contribution < -0.4 is 0 Å². The van der Waals surface area contributed by atoms with E-state index in [2.05, 4.69) is 37.2 Å². The molecule has 24 heavy (non-hydrogen) atoms. The molecular formula is C16H12FIN5P. The van der Waals surface area contributed by atoms with E-state index in [0.717, 1.165) is 22.2 Å². The fourth-order valence-corrected chi connectivity index (χ4v) is 4.15. The number of pyridine rings is 1. The molecule has 1 atom stereocenters. The van der Waals surface area contributed by atoms with Crippen LogP contribution in [0.4, 0.5) is 4.39 Å². The number of hydrogen-bond donors (Lipinski definition) is 0.